The lowest BCUT2D eigenvalue weighted by Gasteiger charge is -2.23. The molecular weight excluding hydrogens is 272 g/mol. The van der Waals surface area contributed by atoms with Gasteiger partial charge in [-0.3, -0.25) is 19.7 Å². The zero-order chi connectivity index (χ0) is 15.4. The normalized spacial score (nSPS) is 18.0. The van der Waals surface area contributed by atoms with Gasteiger partial charge in [0.1, 0.15) is 6.04 Å². The lowest BCUT2D eigenvalue weighted by Crippen LogP contribution is -2.47. The van der Waals surface area contributed by atoms with Gasteiger partial charge in [0.25, 0.3) is 5.91 Å². The first-order chi connectivity index (χ1) is 10.0. The van der Waals surface area contributed by atoms with Gasteiger partial charge in [0.2, 0.25) is 11.8 Å². The molecule has 0 radical (unpaired) electrons. The van der Waals surface area contributed by atoms with E-state index in [2.05, 4.69) is 16.0 Å². The number of piperidine rings is 1. The predicted molar refractivity (Wildman–Crippen MR) is 78.7 cm³/mol. The summed E-state index contributed by atoms with van der Waals surface area (Å²) in [6.07, 6.45) is 0.711. The molecule has 0 spiro atoms. The molecule has 1 saturated heterocycles. The van der Waals surface area contributed by atoms with E-state index in [-0.39, 0.29) is 17.7 Å². The second kappa shape index (κ2) is 6.25. The highest BCUT2D eigenvalue weighted by molar-refractivity contribution is 6.02. The third-order valence-corrected chi connectivity index (χ3v) is 3.22. The number of hydrogen-bond donors (Lipinski definition) is 4. The van der Waals surface area contributed by atoms with E-state index in [0.717, 1.165) is 0 Å². The molecule has 21 heavy (non-hydrogen) atoms. The number of amides is 3. The summed E-state index contributed by atoms with van der Waals surface area (Å²) in [5.74, 6) is -0.826. The molecule has 0 aliphatic carbocycles. The van der Waals surface area contributed by atoms with Crippen molar-refractivity contribution in [2.75, 3.05) is 17.6 Å². The summed E-state index contributed by atoms with van der Waals surface area (Å²) in [6.45, 7) is 2.37. The van der Waals surface area contributed by atoms with Crippen LogP contribution in [0.5, 0.6) is 0 Å². The van der Waals surface area contributed by atoms with Crippen LogP contribution in [0.2, 0.25) is 0 Å². The van der Waals surface area contributed by atoms with Crippen molar-refractivity contribution in [1.29, 1.82) is 0 Å². The van der Waals surface area contributed by atoms with Crippen LogP contribution in [0.15, 0.2) is 18.2 Å². The molecule has 5 N–H and O–H groups in total. The molecule has 1 heterocycles. The largest absolute Gasteiger partial charge is 0.397 e. The molecule has 0 aromatic heterocycles. The van der Waals surface area contributed by atoms with E-state index in [9.17, 15) is 14.4 Å². The first-order valence-corrected chi connectivity index (χ1v) is 6.79. The quantitative estimate of drug-likeness (QED) is 0.468. The molecule has 7 heteroatoms. The van der Waals surface area contributed by atoms with Crippen LogP contribution in [-0.2, 0) is 9.59 Å². The van der Waals surface area contributed by atoms with Gasteiger partial charge in [-0.25, -0.2) is 0 Å². The fraction of sp³-hybridized carbons (Fsp3) is 0.357. The SMILES string of the molecule is CCNC(=O)c1ccc(NC2CCC(=O)NC2=O)c(N)c1. The maximum atomic E-state index is 11.7. The summed E-state index contributed by atoms with van der Waals surface area (Å²) >= 11 is 0. The number of nitrogens with two attached hydrogens (primary N) is 1. The molecule has 7 nitrogen and oxygen atoms in total. The Morgan fingerprint density at radius 1 is 1.43 bits per heavy atom. The van der Waals surface area contributed by atoms with Crippen LogP contribution < -0.4 is 21.7 Å². The highest BCUT2D eigenvalue weighted by atomic mass is 16.2. The highest BCUT2D eigenvalue weighted by Crippen LogP contribution is 2.22. The zero-order valence-electron chi connectivity index (χ0n) is 11.7. The van der Waals surface area contributed by atoms with Crippen LogP contribution in [0, 0.1) is 0 Å². The van der Waals surface area contributed by atoms with Crippen LogP contribution in [0.4, 0.5) is 11.4 Å². The number of nitrogens with one attached hydrogen (secondary N) is 3. The fourth-order valence-corrected chi connectivity index (χ4v) is 2.12. The van der Waals surface area contributed by atoms with Gasteiger partial charge in [-0.15, -0.1) is 0 Å². The molecule has 1 aromatic rings. The summed E-state index contributed by atoms with van der Waals surface area (Å²) in [6, 6.07) is 4.35. The van der Waals surface area contributed by atoms with Gasteiger partial charge in [0, 0.05) is 18.5 Å². The van der Waals surface area contributed by atoms with Crippen LogP contribution in [0.3, 0.4) is 0 Å². The number of rotatable bonds is 4. The Hall–Kier alpha value is -2.57. The summed E-state index contributed by atoms with van der Waals surface area (Å²) in [5.41, 5.74) is 7.31. The van der Waals surface area contributed by atoms with Crippen molar-refractivity contribution < 1.29 is 14.4 Å². The van der Waals surface area contributed by atoms with E-state index >= 15 is 0 Å². The molecule has 112 valence electrons. The van der Waals surface area contributed by atoms with Gasteiger partial charge in [-0.05, 0) is 31.5 Å². The standard InChI is InChI=1S/C14H18N4O3/c1-2-16-13(20)8-3-4-10(9(15)7-8)17-11-5-6-12(19)18-14(11)21/h3-4,7,11,17H,2,5-6,15H2,1H3,(H,16,20)(H,18,19,21). The highest BCUT2D eigenvalue weighted by Gasteiger charge is 2.26. The molecule has 1 aliphatic rings. The number of imide groups is 1. The number of benzene rings is 1. The van der Waals surface area contributed by atoms with Crippen molar-refractivity contribution in [2.24, 2.45) is 0 Å². The number of carbonyl (C=O) groups is 3. The van der Waals surface area contributed by atoms with Crippen molar-refractivity contribution in [1.82, 2.24) is 10.6 Å². The zero-order valence-corrected chi connectivity index (χ0v) is 11.7. The Labute approximate surface area is 122 Å². The summed E-state index contributed by atoms with van der Waals surface area (Å²) in [4.78, 5) is 34.5. The molecule has 1 aromatic carbocycles. The molecule has 1 aliphatic heterocycles. The first-order valence-electron chi connectivity index (χ1n) is 6.79. The summed E-state index contributed by atoms with van der Waals surface area (Å²) < 4.78 is 0. The first kappa shape index (κ1) is 14.8. The minimum absolute atomic E-state index is 0.197. The van der Waals surface area contributed by atoms with Crippen LogP contribution >= 0.6 is 0 Å². The number of nitrogen functional groups attached to an aromatic ring is 1. The lowest BCUT2D eigenvalue weighted by atomic mass is 10.0. The third kappa shape index (κ3) is 3.50. The van der Waals surface area contributed by atoms with Crippen molar-refractivity contribution in [3.8, 4) is 0 Å². The van der Waals surface area contributed by atoms with Gasteiger partial charge < -0.3 is 16.4 Å². The maximum absolute atomic E-state index is 11.7. The van der Waals surface area contributed by atoms with Crippen molar-refractivity contribution in [3.05, 3.63) is 23.8 Å². The molecule has 1 unspecified atom stereocenters. The predicted octanol–water partition coefficient (Wildman–Crippen LogP) is 0.236. The van der Waals surface area contributed by atoms with E-state index < -0.39 is 6.04 Å². The Balaban J connectivity index is 2.09. The molecule has 0 saturated carbocycles. The van der Waals surface area contributed by atoms with Crippen LogP contribution in [0.25, 0.3) is 0 Å². The minimum atomic E-state index is -0.500. The maximum Gasteiger partial charge on any atom is 0.251 e. The van der Waals surface area contributed by atoms with Crippen molar-refractivity contribution >= 4 is 29.1 Å². The molecule has 2 rings (SSSR count). The van der Waals surface area contributed by atoms with Gasteiger partial charge in [-0.1, -0.05) is 0 Å². The second-order valence-electron chi connectivity index (χ2n) is 4.81. The number of anilines is 2. The van der Waals surface area contributed by atoms with Gasteiger partial charge in [0.05, 0.1) is 11.4 Å². The number of hydrogen-bond acceptors (Lipinski definition) is 5. The van der Waals surface area contributed by atoms with E-state index in [4.69, 9.17) is 5.73 Å². The molecule has 0 bridgehead atoms. The smallest absolute Gasteiger partial charge is 0.251 e. The Morgan fingerprint density at radius 3 is 2.81 bits per heavy atom. The lowest BCUT2D eigenvalue weighted by molar-refractivity contribution is -0.133. The van der Waals surface area contributed by atoms with E-state index in [1.54, 1.807) is 18.2 Å². The van der Waals surface area contributed by atoms with Gasteiger partial charge >= 0.3 is 0 Å². The van der Waals surface area contributed by atoms with Crippen LogP contribution in [0.1, 0.15) is 30.1 Å². The third-order valence-electron chi connectivity index (χ3n) is 3.22. The Bertz CT molecular complexity index is 586. The minimum Gasteiger partial charge on any atom is -0.397 e. The van der Waals surface area contributed by atoms with Crippen LogP contribution in [-0.4, -0.2) is 30.3 Å². The molecule has 1 atom stereocenters. The molecule has 3 amide bonds. The summed E-state index contributed by atoms with van der Waals surface area (Å²) in [5, 5.41) is 7.95. The van der Waals surface area contributed by atoms with Gasteiger partial charge in [0.15, 0.2) is 0 Å². The van der Waals surface area contributed by atoms with Gasteiger partial charge in [-0.2, -0.15) is 0 Å². The second-order valence-corrected chi connectivity index (χ2v) is 4.81. The molecular formula is C14H18N4O3. The molecule has 1 fully saturated rings. The van der Waals surface area contributed by atoms with Crippen molar-refractivity contribution in [2.45, 2.75) is 25.8 Å². The summed E-state index contributed by atoms with van der Waals surface area (Å²) in [7, 11) is 0. The topological polar surface area (TPSA) is 113 Å². The number of carbonyl (C=O) groups excluding carboxylic acids is 3. The van der Waals surface area contributed by atoms with E-state index in [0.29, 0.717) is 36.3 Å². The Morgan fingerprint density at radius 2 is 2.19 bits per heavy atom. The van der Waals surface area contributed by atoms with E-state index in [1.807, 2.05) is 6.92 Å². The fourth-order valence-electron chi connectivity index (χ4n) is 2.12. The Kier molecular flexibility index (Phi) is 4.42. The monoisotopic (exact) mass is 290 g/mol. The van der Waals surface area contributed by atoms with E-state index in [1.165, 1.54) is 0 Å². The average molecular weight is 290 g/mol. The van der Waals surface area contributed by atoms with Crippen molar-refractivity contribution in [3.63, 3.8) is 0 Å². The average Bonchev–Trinajstić information content (AvgIpc) is 2.44.